The van der Waals surface area contributed by atoms with Crippen LogP contribution in [0.25, 0.3) is 0 Å². The topological polar surface area (TPSA) is 87.7 Å². The number of ether oxygens (including phenoxy) is 1. The zero-order valence-corrected chi connectivity index (χ0v) is 17.0. The maximum absolute atomic E-state index is 12.7. The van der Waals surface area contributed by atoms with Gasteiger partial charge in [0.1, 0.15) is 6.61 Å². The third-order valence-corrected chi connectivity index (χ3v) is 4.81. The average Bonchev–Trinajstić information content (AvgIpc) is 2.73. The fourth-order valence-corrected chi connectivity index (χ4v) is 3.08. The molecule has 2 N–H and O–H groups in total. The average molecular weight is 449 g/mol. The second-order valence-electron chi connectivity index (χ2n) is 7.33. The zero-order valence-electron chi connectivity index (χ0n) is 17.0. The maximum Gasteiger partial charge on any atom is 0.416 e. The van der Waals surface area contributed by atoms with Crippen LogP contribution < -0.4 is 10.6 Å². The monoisotopic (exact) mass is 449 g/mol. The van der Waals surface area contributed by atoms with Crippen molar-refractivity contribution in [2.24, 2.45) is 0 Å². The zero-order chi connectivity index (χ0) is 23.1. The Bertz CT molecular complexity index is 960. The van der Waals surface area contributed by atoms with Gasteiger partial charge >= 0.3 is 12.3 Å². The van der Waals surface area contributed by atoms with E-state index in [0.29, 0.717) is 13.1 Å². The van der Waals surface area contributed by atoms with Crippen molar-refractivity contribution in [2.45, 2.75) is 31.7 Å². The lowest BCUT2D eigenvalue weighted by atomic mass is 10.1. The Morgan fingerprint density at radius 3 is 2.41 bits per heavy atom. The molecule has 1 fully saturated rings. The molecular formula is C22H22F3N3O4. The molecule has 2 aromatic rings. The largest absolute Gasteiger partial charge is 0.445 e. The molecule has 10 heteroatoms. The van der Waals surface area contributed by atoms with Crippen LogP contribution in [0, 0.1) is 0 Å². The Morgan fingerprint density at radius 1 is 1.00 bits per heavy atom. The van der Waals surface area contributed by atoms with Crippen molar-refractivity contribution < 1.29 is 32.3 Å². The number of halogens is 3. The van der Waals surface area contributed by atoms with Gasteiger partial charge in [0.15, 0.2) is 0 Å². The van der Waals surface area contributed by atoms with Gasteiger partial charge in [-0.2, -0.15) is 13.2 Å². The Balaban J connectivity index is 1.33. The van der Waals surface area contributed by atoms with Gasteiger partial charge in [-0.05, 0) is 23.8 Å². The first-order valence-electron chi connectivity index (χ1n) is 9.93. The Kier molecular flexibility index (Phi) is 7.34. The molecule has 0 unspecified atom stereocenters. The van der Waals surface area contributed by atoms with Crippen LogP contribution in [-0.4, -0.2) is 41.9 Å². The number of rotatable bonds is 7. The molecule has 32 heavy (non-hydrogen) atoms. The van der Waals surface area contributed by atoms with E-state index in [2.05, 4.69) is 10.6 Å². The first-order valence-corrected chi connectivity index (χ1v) is 9.93. The minimum Gasteiger partial charge on any atom is -0.445 e. The van der Waals surface area contributed by atoms with Crippen molar-refractivity contribution in [3.05, 3.63) is 65.7 Å². The lowest BCUT2D eigenvalue weighted by Gasteiger charge is -2.39. The van der Waals surface area contributed by atoms with E-state index in [4.69, 9.17) is 4.74 Å². The highest BCUT2D eigenvalue weighted by molar-refractivity contribution is 5.93. The summed E-state index contributed by atoms with van der Waals surface area (Å²) in [4.78, 5) is 37.4. The number of benzene rings is 2. The highest BCUT2D eigenvalue weighted by Crippen LogP contribution is 2.30. The van der Waals surface area contributed by atoms with Gasteiger partial charge in [-0.1, -0.05) is 36.4 Å². The van der Waals surface area contributed by atoms with E-state index in [1.807, 2.05) is 30.3 Å². The minimum absolute atomic E-state index is 0.0134. The number of hydrogen-bond donors (Lipinski definition) is 2. The van der Waals surface area contributed by atoms with Crippen LogP contribution in [0.2, 0.25) is 0 Å². The summed E-state index contributed by atoms with van der Waals surface area (Å²) in [5.41, 5.74) is 0.00349. The molecule has 0 aliphatic carbocycles. The van der Waals surface area contributed by atoms with E-state index in [9.17, 15) is 27.6 Å². The van der Waals surface area contributed by atoms with E-state index in [1.165, 1.54) is 17.0 Å². The molecule has 0 aromatic heterocycles. The summed E-state index contributed by atoms with van der Waals surface area (Å²) < 4.78 is 43.3. The van der Waals surface area contributed by atoms with Gasteiger partial charge < -0.3 is 20.3 Å². The molecule has 0 saturated carbocycles. The van der Waals surface area contributed by atoms with Crippen LogP contribution in [-0.2, 0) is 27.1 Å². The molecule has 3 rings (SSSR count). The van der Waals surface area contributed by atoms with Crippen LogP contribution in [0.5, 0.6) is 0 Å². The standard InChI is InChI=1S/C22H22F3N3O4/c23-22(24,25)16-7-4-8-17(11-16)26-19(29)9-10-20(30)28-12-18(13-28)27-21(31)32-14-15-5-2-1-3-6-15/h1-8,11,18H,9-10,12-14H2,(H,26,29)(H,27,31). The smallest absolute Gasteiger partial charge is 0.416 e. The third-order valence-electron chi connectivity index (χ3n) is 4.81. The number of carbonyl (C=O) groups excluding carboxylic acids is 3. The number of alkyl carbamates (subject to hydrolysis) is 1. The second kappa shape index (κ2) is 10.2. The molecular weight excluding hydrogens is 427 g/mol. The molecule has 1 aliphatic rings. The summed E-state index contributed by atoms with van der Waals surface area (Å²) in [6.07, 6.45) is -5.34. The van der Waals surface area contributed by atoms with Crippen LogP contribution in [0.1, 0.15) is 24.0 Å². The van der Waals surface area contributed by atoms with Crippen molar-refractivity contribution in [3.63, 3.8) is 0 Å². The molecule has 2 aromatic carbocycles. The molecule has 1 saturated heterocycles. The summed E-state index contributed by atoms with van der Waals surface area (Å²) in [5, 5.41) is 5.02. The Morgan fingerprint density at radius 2 is 1.72 bits per heavy atom. The van der Waals surface area contributed by atoms with E-state index in [0.717, 1.165) is 17.7 Å². The molecule has 3 amide bonds. The highest BCUT2D eigenvalue weighted by atomic mass is 19.4. The van der Waals surface area contributed by atoms with Gasteiger partial charge in [0.05, 0.1) is 11.6 Å². The van der Waals surface area contributed by atoms with Gasteiger partial charge in [-0.3, -0.25) is 9.59 Å². The molecule has 0 atom stereocenters. The number of likely N-dealkylation sites (tertiary alicyclic amines) is 1. The second-order valence-corrected chi connectivity index (χ2v) is 7.33. The maximum atomic E-state index is 12.7. The molecule has 0 bridgehead atoms. The first-order chi connectivity index (χ1) is 15.2. The third kappa shape index (κ3) is 6.73. The van der Waals surface area contributed by atoms with Crippen molar-refractivity contribution in [1.29, 1.82) is 0 Å². The normalized spacial score (nSPS) is 13.8. The summed E-state index contributed by atoms with van der Waals surface area (Å²) in [6, 6.07) is 13.3. The fourth-order valence-electron chi connectivity index (χ4n) is 3.08. The van der Waals surface area contributed by atoms with Gasteiger partial charge in [0.2, 0.25) is 11.8 Å². The summed E-state index contributed by atoms with van der Waals surface area (Å²) in [7, 11) is 0. The summed E-state index contributed by atoms with van der Waals surface area (Å²) in [5.74, 6) is -0.836. The van der Waals surface area contributed by atoms with Crippen LogP contribution in [0.4, 0.5) is 23.7 Å². The first kappa shape index (κ1) is 23.1. The van der Waals surface area contributed by atoms with Crippen molar-refractivity contribution in [3.8, 4) is 0 Å². The Labute approximate surface area is 182 Å². The van der Waals surface area contributed by atoms with Gasteiger partial charge in [0, 0.05) is 31.6 Å². The van der Waals surface area contributed by atoms with E-state index >= 15 is 0 Å². The number of nitrogens with one attached hydrogen (secondary N) is 2. The Hall–Kier alpha value is -3.56. The number of alkyl halides is 3. The number of carbonyl (C=O) groups is 3. The number of hydrogen-bond acceptors (Lipinski definition) is 4. The molecule has 7 nitrogen and oxygen atoms in total. The van der Waals surface area contributed by atoms with Crippen molar-refractivity contribution in [2.75, 3.05) is 18.4 Å². The molecule has 0 spiro atoms. The quantitative estimate of drug-likeness (QED) is 0.677. The van der Waals surface area contributed by atoms with Crippen molar-refractivity contribution in [1.82, 2.24) is 10.2 Å². The minimum atomic E-state index is -4.51. The fraction of sp³-hybridized carbons (Fsp3) is 0.318. The lowest BCUT2D eigenvalue weighted by molar-refractivity contribution is -0.137. The predicted molar refractivity (Wildman–Crippen MR) is 109 cm³/mol. The van der Waals surface area contributed by atoms with Crippen LogP contribution in [0.3, 0.4) is 0 Å². The molecule has 0 radical (unpaired) electrons. The summed E-state index contributed by atoms with van der Waals surface area (Å²) in [6.45, 7) is 0.742. The van der Waals surface area contributed by atoms with Gasteiger partial charge in [-0.15, -0.1) is 0 Å². The van der Waals surface area contributed by atoms with E-state index in [1.54, 1.807) is 0 Å². The predicted octanol–water partition coefficient (Wildman–Crippen LogP) is 3.56. The SMILES string of the molecule is O=C(CCC(=O)N1CC(NC(=O)OCc2ccccc2)C1)Nc1cccc(C(F)(F)F)c1. The molecule has 170 valence electrons. The van der Waals surface area contributed by atoms with Gasteiger partial charge in [-0.25, -0.2) is 4.79 Å². The number of nitrogens with zero attached hydrogens (tertiary/aromatic N) is 1. The van der Waals surface area contributed by atoms with E-state index in [-0.39, 0.29) is 37.1 Å². The van der Waals surface area contributed by atoms with Crippen molar-refractivity contribution >= 4 is 23.6 Å². The van der Waals surface area contributed by atoms with E-state index < -0.39 is 23.7 Å². The van der Waals surface area contributed by atoms with Gasteiger partial charge in [0.25, 0.3) is 0 Å². The summed E-state index contributed by atoms with van der Waals surface area (Å²) >= 11 is 0. The lowest BCUT2D eigenvalue weighted by Crippen LogP contribution is -2.61. The highest BCUT2D eigenvalue weighted by Gasteiger charge is 2.32. The van der Waals surface area contributed by atoms with Crippen LogP contribution >= 0.6 is 0 Å². The number of amides is 3. The number of anilines is 1. The molecule has 1 aliphatic heterocycles. The molecule has 1 heterocycles. The van der Waals surface area contributed by atoms with Crippen LogP contribution in [0.15, 0.2) is 54.6 Å².